The largest absolute Gasteiger partial charge is 0.364 e. The molecular weight excluding hydrogens is 262 g/mol. The van der Waals surface area contributed by atoms with Crippen molar-refractivity contribution in [1.29, 1.82) is 10.5 Å². The molecule has 1 aromatic rings. The van der Waals surface area contributed by atoms with Gasteiger partial charge in [0.1, 0.15) is 19.4 Å². The number of aromatic nitrogens is 2. The normalized spacial score (nSPS) is 9.35. The van der Waals surface area contributed by atoms with Gasteiger partial charge in [0, 0.05) is 6.54 Å². The molecule has 0 amide bonds. The lowest BCUT2D eigenvalue weighted by molar-refractivity contribution is -0.383. The van der Waals surface area contributed by atoms with Gasteiger partial charge in [0.05, 0.1) is 17.1 Å². The van der Waals surface area contributed by atoms with Crippen LogP contribution >= 0.6 is 0 Å². The quantitative estimate of drug-likeness (QED) is 0.443. The van der Waals surface area contributed by atoms with Crippen LogP contribution in [0.4, 0.5) is 17.3 Å². The molecular formula is C11H13N7O2. The van der Waals surface area contributed by atoms with Crippen LogP contribution in [-0.4, -0.2) is 34.5 Å². The summed E-state index contributed by atoms with van der Waals surface area (Å²) in [6.07, 6.45) is 1.94. The molecule has 9 heteroatoms. The van der Waals surface area contributed by atoms with Crippen molar-refractivity contribution in [3.05, 3.63) is 16.4 Å². The first kappa shape index (κ1) is 15.1. The highest BCUT2D eigenvalue weighted by atomic mass is 16.6. The second-order valence-electron chi connectivity index (χ2n) is 3.75. The molecule has 0 saturated heterocycles. The average Bonchev–Trinajstić information content (AvgIpc) is 2.44. The van der Waals surface area contributed by atoms with Crippen LogP contribution in [0.3, 0.4) is 0 Å². The van der Waals surface area contributed by atoms with Gasteiger partial charge in [-0.15, -0.1) is 0 Å². The lowest BCUT2D eigenvalue weighted by Gasteiger charge is -2.17. The summed E-state index contributed by atoms with van der Waals surface area (Å²) in [4.78, 5) is 19.5. The SMILES string of the molecule is CCCNc1ncnc(N(CC#N)CC#N)c1[N+](=O)[O-]. The second kappa shape index (κ2) is 7.48. The maximum absolute atomic E-state index is 11.2. The fraction of sp³-hybridized carbons (Fsp3) is 0.455. The van der Waals surface area contributed by atoms with Gasteiger partial charge in [0.15, 0.2) is 0 Å². The molecule has 0 aliphatic rings. The standard InChI is InChI=1S/C11H13N7O2/c1-2-5-14-10-9(18(19)20)11(16-8-15-10)17(6-3-12)7-4-13/h8H,2,5-7H2,1H3,(H,14,15,16). The van der Waals surface area contributed by atoms with Gasteiger partial charge >= 0.3 is 5.69 Å². The van der Waals surface area contributed by atoms with E-state index < -0.39 is 4.92 Å². The van der Waals surface area contributed by atoms with Crippen molar-refractivity contribution in [1.82, 2.24) is 9.97 Å². The summed E-state index contributed by atoms with van der Waals surface area (Å²) in [6, 6.07) is 3.70. The summed E-state index contributed by atoms with van der Waals surface area (Å²) in [6.45, 7) is 2.10. The average molecular weight is 275 g/mol. The Labute approximate surface area is 115 Å². The Kier molecular flexibility index (Phi) is 5.66. The van der Waals surface area contributed by atoms with E-state index in [9.17, 15) is 10.1 Å². The summed E-state index contributed by atoms with van der Waals surface area (Å²) in [5.74, 6) is 0.0504. The zero-order valence-corrected chi connectivity index (χ0v) is 10.9. The Balaban J connectivity index is 3.27. The number of anilines is 2. The number of rotatable bonds is 7. The van der Waals surface area contributed by atoms with Crippen LogP contribution in [-0.2, 0) is 0 Å². The van der Waals surface area contributed by atoms with E-state index in [1.54, 1.807) is 0 Å². The Morgan fingerprint density at radius 2 is 2.05 bits per heavy atom. The first-order valence-corrected chi connectivity index (χ1v) is 5.87. The first-order valence-electron chi connectivity index (χ1n) is 5.87. The molecule has 9 nitrogen and oxygen atoms in total. The summed E-state index contributed by atoms with van der Waals surface area (Å²) in [5.41, 5.74) is -0.327. The zero-order chi connectivity index (χ0) is 15.0. The smallest absolute Gasteiger partial charge is 0.353 e. The Bertz CT molecular complexity index is 545. The summed E-state index contributed by atoms with van der Waals surface area (Å²) in [7, 11) is 0. The highest BCUT2D eigenvalue weighted by Crippen LogP contribution is 2.31. The van der Waals surface area contributed by atoms with E-state index in [-0.39, 0.29) is 30.4 Å². The number of nitrogens with zero attached hydrogens (tertiary/aromatic N) is 6. The Hall–Kier alpha value is -2.94. The van der Waals surface area contributed by atoms with E-state index in [0.29, 0.717) is 6.54 Å². The lowest BCUT2D eigenvalue weighted by Crippen LogP contribution is -2.26. The predicted octanol–water partition coefficient (Wildman–Crippen LogP) is 1.06. The van der Waals surface area contributed by atoms with Crippen molar-refractivity contribution >= 4 is 17.3 Å². The van der Waals surface area contributed by atoms with Gasteiger partial charge in [-0.25, -0.2) is 9.97 Å². The lowest BCUT2D eigenvalue weighted by atomic mass is 10.3. The van der Waals surface area contributed by atoms with Crippen LogP contribution in [0, 0.1) is 32.8 Å². The van der Waals surface area contributed by atoms with Crippen molar-refractivity contribution in [3.63, 3.8) is 0 Å². The number of nitriles is 2. The van der Waals surface area contributed by atoms with Crippen molar-refractivity contribution in [3.8, 4) is 12.1 Å². The van der Waals surface area contributed by atoms with Gasteiger partial charge in [-0.1, -0.05) is 6.92 Å². The van der Waals surface area contributed by atoms with Gasteiger partial charge in [0.2, 0.25) is 11.6 Å². The highest BCUT2D eigenvalue weighted by Gasteiger charge is 2.26. The van der Waals surface area contributed by atoms with Gasteiger partial charge in [0.25, 0.3) is 0 Å². The van der Waals surface area contributed by atoms with Crippen molar-refractivity contribution < 1.29 is 4.92 Å². The van der Waals surface area contributed by atoms with Crippen LogP contribution in [0.1, 0.15) is 13.3 Å². The third-order valence-corrected chi connectivity index (χ3v) is 2.35. The molecule has 20 heavy (non-hydrogen) atoms. The van der Waals surface area contributed by atoms with Crippen LogP contribution in [0.15, 0.2) is 6.33 Å². The molecule has 0 bridgehead atoms. The monoisotopic (exact) mass is 275 g/mol. The minimum atomic E-state index is -0.616. The molecule has 0 unspecified atom stereocenters. The summed E-state index contributed by atoms with van der Waals surface area (Å²) < 4.78 is 0. The molecule has 0 spiro atoms. The summed E-state index contributed by atoms with van der Waals surface area (Å²) in [5, 5.41) is 31.5. The van der Waals surface area contributed by atoms with Gasteiger partial charge in [-0.3, -0.25) is 10.1 Å². The van der Waals surface area contributed by atoms with E-state index in [1.807, 2.05) is 19.1 Å². The second-order valence-corrected chi connectivity index (χ2v) is 3.75. The van der Waals surface area contributed by atoms with E-state index in [0.717, 1.165) is 6.42 Å². The van der Waals surface area contributed by atoms with Crippen LogP contribution in [0.2, 0.25) is 0 Å². The van der Waals surface area contributed by atoms with Crippen LogP contribution < -0.4 is 10.2 Å². The molecule has 1 aromatic heterocycles. The molecule has 0 fully saturated rings. The Morgan fingerprint density at radius 3 is 2.55 bits per heavy atom. The van der Waals surface area contributed by atoms with Crippen molar-refractivity contribution in [2.45, 2.75) is 13.3 Å². The Morgan fingerprint density at radius 1 is 1.40 bits per heavy atom. The number of hydrogen-bond acceptors (Lipinski definition) is 8. The van der Waals surface area contributed by atoms with E-state index in [1.165, 1.54) is 11.2 Å². The molecule has 1 rings (SSSR count). The van der Waals surface area contributed by atoms with Crippen LogP contribution in [0.25, 0.3) is 0 Å². The van der Waals surface area contributed by atoms with Crippen LogP contribution in [0.5, 0.6) is 0 Å². The number of nitrogens with one attached hydrogen (secondary N) is 1. The molecule has 0 atom stereocenters. The predicted molar refractivity (Wildman–Crippen MR) is 70.9 cm³/mol. The van der Waals surface area contributed by atoms with Gasteiger partial charge < -0.3 is 10.2 Å². The fourth-order valence-electron chi connectivity index (χ4n) is 1.52. The fourth-order valence-corrected chi connectivity index (χ4v) is 1.52. The minimum Gasteiger partial charge on any atom is -0.364 e. The molecule has 104 valence electrons. The summed E-state index contributed by atoms with van der Waals surface area (Å²) >= 11 is 0. The van der Waals surface area contributed by atoms with Gasteiger partial charge in [-0.2, -0.15) is 10.5 Å². The topological polar surface area (TPSA) is 132 Å². The van der Waals surface area contributed by atoms with Crippen molar-refractivity contribution in [2.24, 2.45) is 0 Å². The molecule has 0 aromatic carbocycles. The number of hydrogen-bond donors (Lipinski definition) is 1. The molecule has 0 aliphatic heterocycles. The molecule has 0 aliphatic carbocycles. The van der Waals surface area contributed by atoms with E-state index in [4.69, 9.17) is 10.5 Å². The zero-order valence-electron chi connectivity index (χ0n) is 10.9. The minimum absolute atomic E-state index is 0.0355. The maximum Gasteiger partial charge on any atom is 0.353 e. The first-order chi connectivity index (χ1) is 9.65. The molecule has 1 N–H and O–H groups in total. The van der Waals surface area contributed by atoms with E-state index >= 15 is 0 Å². The third-order valence-electron chi connectivity index (χ3n) is 2.35. The van der Waals surface area contributed by atoms with Crippen molar-refractivity contribution in [2.75, 3.05) is 29.9 Å². The third kappa shape index (κ3) is 3.53. The molecule has 0 saturated carbocycles. The van der Waals surface area contributed by atoms with E-state index in [2.05, 4.69) is 15.3 Å². The molecule has 0 radical (unpaired) electrons. The highest BCUT2D eigenvalue weighted by molar-refractivity contribution is 5.70. The molecule has 1 heterocycles. The maximum atomic E-state index is 11.2. The van der Waals surface area contributed by atoms with Gasteiger partial charge in [-0.05, 0) is 6.42 Å². The number of nitro groups is 1.